The van der Waals surface area contributed by atoms with E-state index >= 15 is 0 Å². The number of alkyl halides is 3. The summed E-state index contributed by atoms with van der Waals surface area (Å²) in [5.74, 6) is -0.519. The van der Waals surface area contributed by atoms with E-state index in [9.17, 15) is 18.3 Å². The number of hydrogen-bond acceptors (Lipinski definition) is 3. The molecule has 1 heterocycles. The first kappa shape index (κ1) is 13.3. The van der Waals surface area contributed by atoms with E-state index in [1.807, 2.05) is 6.92 Å². The monoisotopic (exact) mass is 272 g/mol. The van der Waals surface area contributed by atoms with E-state index < -0.39 is 6.36 Å². The lowest BCUT2D eigenvalue weighted by molar-refractivity contribution is -0.274. The number of aromatic nitrogens is 2. The molecule has 0 radical (unpaired) electrons. The van der Waals surface area contributed by atoms with E-state index in [-0.39, 0.29) is 17.1 Å². The van der Waals surface area contributed by atoms with E-state index in [1.54, 1.807) is 10.9 Å². The number of halogens is 3. The lowest BCUT2D eigenvalue weighted by Gasteiger charge is -2.10. The van der Waals surface area contributed by atoms with Crippen molar-refractivity contribution in [3.05, 3.63) is 30.6 Å². The van der Waals surface area contributed by atoms with Crippen molar-refractivity contribution in [3.8, 4) is 22.6 Å². The summed E-state index contributed by atoms with van der Waals surface area (Å²) < 4.78 is 41.8. The Labute approximate surface area is 107 Å². The van der Waals surface area contributed by atoms with Gasteiger partial charge in [-0.2, -0.15) is 5.10 Å². The average molecular weight is 272 g/mol. The number of phenols is 1. The van der Waals surface area contributed by atoms with Gasteiger partial charge in [-0.1, -0.05) is 0 Å². The van der Waals surface area contributed by atoms with Crippen LogP contribution in [0.1, 0.15) is 6.92 Å². The van der Waals surface area contributed by atoms with Gasteiger partial charge in [-0.15, -0.1) is 13.2 Å². The molecule has 7 heteroatoms. The van der Waals surface area contributed by atoms with Crippen LogP contribution in [0.5, 0.6) is 11.5 Å². The highest BCUT2D eigenvalue weighted by molar-refractivity contribution is 5.70. The summed E-state index contributed by atoms with van der Waals surface area (Å²) in [6, 6.07) is 3.33. The fourth-order valence-electron chi connectivity index (χ4n) is 1.62. The van der Waals surface area contributed by atoms with Crippen LogP contribution in [0.25, 0.3) is 11.1 Å². The maximum Gasteiger partial charge on any atom is 0.573 e. The Morgan fingerprint density at radius 2 is 2.11 bits per heavy atom. The van der Waals surface area contributed by atoms with Crippen LogP contribution in [0, 0.1) is 0 Å². The van der Waals surface area contributed by atoms with Crippen LogP contribution >= 0.6 is 0 Å². The second-order valence-corrected chi connectivity index (χ2v) is 3.81. The molecule has 2 aromatic rings. The third-order valence-electron chi connectivity index (χ3n) is 2.47. The Kier molecular flexibility index (Phi) is 3.37. The van der Waals surface area contributed by atoms with Gasteiger partial charge < -0.3 is 9.84 Å². The molecule has 4 nitrogen and oxygen atoms in total. The van der Waals surface area contributed by atoms with Gasteiger partial charge in [0, 0.05) is 23.9 Å². The highest BCUT2D eigenvalue weighted by Gasteiger charge is 2.31. The molecule has 1 aromatic carbocycles. The SMILES string of the molecule is CCn1cc(-c2cc(OC(F)(F)F)ccc2O)cn1. The Hall–Kier alpha value is -2.18. The molecule has 0 aliphatic heterocycles. The molecule has 1 aromatic heterocycles. The second-order valence-electron chi connectivity index (χ2n) is 3.81. The molecule has 0 atom stereocenters. The number of ether oxygens (including phenoxy) is 1. The zero-order chi connectivity index (χ0) is 14.0. The van der Waals surface area contributed by atoms with Crippen molar-refractivity contribution in [3.63, 3.8) is 0 Å². The van der Waals surface area contributed by atoms with Crippen LogP contribution in [0.15, 0.2) is 30.6 Å². The zero-order valence-corrected chi connectivity index (χ0v) is 9.98. The summed E-state index contributed by atoms with van der Waals surface area (Å²) in [7, 11) is 0. The minimum Gasteiger partial charge on any atom is -0.507 e. The van der Waals surface area contributed by atoms with E-state index in [0.717, 1.165) is 18.2 Å². The van der Waals surface area contributed by atoms with Gasteiger partial charge in [0.05, 0.1) is 6.20 Å². The first-order valence-corrected chi connectivity index (χ1v) is 5.50. The average Bonchev–Trinajstić information content (AvgIpc) is 2.78. The van der Waals surface area contributed by atoms with Gasteiger partial charge in [0.25, 0.3) is 0 Å². The molecule has 0 amide bonds. The van der Waals surface area contributed by atoms with Crippen LogP contribution in [0.3, 0.4) is 0 Å². The van der Waals surface area contributed by atoms with E-state index in [0.29, 0.717) is 12.1 Å². The molecular formula is C12H11F3N2O2. The first-order chi connectivity index (χ1) is 8.89. The lowest BCUT2D eigenvalue weighted by atomic mass is 10.1. The number of phenolic OH excluding ortho intramolecular Hbond substituents is 1. The van der Waals surface area contributed by atoms with Crippen molar-refractivity contribution >= 4 is 0 Å². The molecule has 0 bridgehead atoms. The number of nitrogens with zero attached hydrogens (tertiary/aromatic N) is 2. The van der Waals surface area contributed by atoms with Gasteiger partial charge in [-0.3, -0.25) is 4.68 Å². The quantitative estimate of drug-likeness (QED) is 0.933. The van der Waals surface area contributed by atoms with Gasteiger partial charge in [0.1, 0.15) is 11.5 Å². The Balaban J connectivity index is 2.36. The molecule has 2 rings (SSSR count). The Morgan fingerprint density at radius 3 is 2.68 bits per heavy atom. The summed E-state index contributed by atoms with van der Waals surface area (Å²) in [4.78, 5) is 0. The van der Waals surface area contributed by atoms with Gasteiger partial charge in [0.2, 0.25) is 0 Å². The third kappa shape index (κ3) is 3.18. The molecule has 0 aliphatic carbocycles. The molecule has 102 valence electrons. The van der Waals surface area contributed by atoms with E-state index in [2.05, 4.69) is 9.84 Å². The highest BCUT2D eigenvalue weighted by atomic mass is 19.4. The number of aromatic hydroxyl groups is 1. The molecule has 1 N–H and O–H groups in total. The lowest BCUT2D eigenvalue weighted by Crippen LogP contribution is -2.17. The summed E-state index contributed by atoms with van der Waals surface area (Å²) in [6.07, 6.45) is -1.66. The van der Waals surface area contributed by atoms with Gasteiger partial charge in [0.15, 0.2) is 0 Å². The van der Waals surface area contributed by atoms with Crippen molar-refractivity contribution in [1.82, 2.24) is 9.78 Å². The fraction of sp³-hybridized carbons (Fsp3) is 0.250. The van der Waals surface area contributed by atoms with Gasteiger partial charge in [-0.05, 0) is 25.1 Å². The summed E-state index contributed by atoms with van der Waals surface area (Å²) in [6.45, 7) is 2.50. The summed E-state index contributed by atoms with van der Waals surface area (Å²) in [5, 5.41) is 13.7. The van der Waals surface area contributed by atoms with Crippen molar-refractivity contribution < 1.29 is 23.0 Å². The number of benzene rings is 1. The van der Waals surface area contributed by atoms with Crippen molar-refractivity contribution in [2.24, 2.45) is 0 Å². The topological polar surface area (TPSA) is 47.3 Å². The van der Waals surface area contributed by atoms with Crippen LogP contribution in [0.4, 0.5) is 13.2 Å². The molecule has 0 aliphatic rings. The molecule has 0 saturated carbocycles. The predicted molar refractivity (Wildman–Crippen MR) is 61.7 cm³/mol. The van der Waals surface area contributed by atoms with Crippen LogP contribution in [0.2, 0.25) is 0 Å². The number of rotatable bonds is 3. The number of hydrogen-bond donors (Lipinski definition) is 1. The zero-order valence-electron chi connectivity index (χ0n) is 9.98. The van der Waals surface area contributed by atoms with Crippen LogP contribution in [-0.2, 0) is 6.54 Å². The number of aryl methyl sites for hydroxylation is 1. The minimum absolute atomic E-state index is 0.134. The molecular weight excluding hydrogens is 261 g/mol. The molecule has 0 unspecified atom stereocenters. The molecule has 0 spiro atoms. The Bertz CT molecular complexity index is 579. The van der Waals surface area contributed by atoms with E-state index in [4.69, 9.17) is 0 Å². The largest absolute Gasteiger partial charge is 0.573 e. The summed E-state index contributed by atoms with van der Waals surface area (Å²) >= 11 is 0. The van der Waals surface area contributed by atoms with Crippen molar-refractivity contribution in [2.45, 2.75) is 19.8 Å². The molecule has 0 fully saturated rings. The smallest absolute Gasteiger partial charge is 0.507 e. The second kappa shape index (κ2) is 4.83. The van der Waals surface area contributed by atoms with E-state index in [1.165, 1.54) is 6.20 Å². The maximum atomic E-state index is 12.1. The maximum absolute atomic E-state index is 12.1. The van der Waals surface area contributed by atoms with Crippen molar-refractivity contribution in [2.75, 3.05) is 0 Å². The van der Waals surface area contributed by atoms with Gasteiger partial charge >= 0.3 is 6.36 Å². The summed E-state index contributed by atoms with van der Waals surface area (Å²) in [5.41, 5.74) is 0.758. The predicted octanol–water partition coefficient (Wildman–Crippen LogP) is 3.17. The fourth-order valence-corrected chi connectivity index (χ4v) is 1.62. The highest BCUT2D eigenvalue weighted by Crippen LogP contribution is 2.34. The Morgan fingerprint density at radius 1 is 1.37 bits per heavy atom. The van der Waals surface area contributed by atoms with Crippen LogP contribution < -0.4 is 4.74 Å². The molecule has 19 heavy (non-hydrogen) atoms. The van der Waals surface area contributed by atoms with Crippen molar-refractivity contribution in [1.29, 1.82) is 0 Å². The molecule has 0 saturated heterocycles. The third-order valence-corrected chi connectivity index (χ3v) is 2.47. The normalized spacial score (nSPS) is 11.6. The minimum atomic E-state index is -4.76. The standard InChI is InChI=1S/C12H11F3N2O2/c1-2-17-7-8(6-16-17)10-5-9(3-4-11(10)18)19-12(13,14)15/h3-7,18H,2H2,1H3. The first-order valence-electron chi connectivity index (χ1n) is 5.50. The van der Waals surface area contributed by atoms with Gasteiger partial charge in [-0.25, -0.2) is 0 Å². The van der Waals surface area contributed by atoms with Crippen LogP contribution in [-0.4, -0.2) is 21.2 Å².